The average molecular weight is 370 g/mol. The zero-order chi connectivity index (χ0) is 18.5. The van der Waals surface area contributed by atoms with Crippen molar-refractivity contribution in [1.82, 2.24) is 14.8 Å². The molecule has 3 heteroatoms. The molecule has 0 unspecified atom stereocenters. The van der Waals surface area contributed by atoms with Crippen molar-refractivity contribution in [2.75, 3.05) is 19.6 Å². The molecule has 4 aliphatic rings. The highest BCUT2D eigenvalue weighted by Crippen LogP contribution is 2.47. The number of pyridine rings is 1. The van der Waals surface area contributed by atoms with Gasteiger partial charge in [-0.1, -0.05) is 48.5 Å². The summed E-state index contributed by atoms with van der Waals surface area (Å²) in [6.45, 7) is 4.82. The standard InChI is InChI=1S/C25H27N3/c1-2-5-18(6-3-1)23-17-28(24-19-10-13-27(14-11-19)25(23)24)16-21-8-4-7-20-15-26-12-9-22(20)21/h1-9,12,15,19,23-25H,10-11,13-14,16-17H2/t23-,24-,25-/m1/s1. The fourth-order valence-corrected chi connectivity index (χ4v) is 6.26. The predicted octanol–water partition coefficient (Wildman–Crippen LogP) is 4.30. The molecule has 1 aromatic heterocycles. The van der Waals surface area contributed by atoms with Crippen LogP contribution in [0.4, 0.5) is 0 Å². The fourth-order valence-electron chi connectivity index (χ4n) is 6.26. The van der Waals surface area contributed by atoms with E-state index in [1.807, 2.05) is 12.4 Å². The first-order chi connectivity index (χ1) is 13.9. The Balaban J connectivity index is 1.38. The lowest BCUT2D eigenvalue weighted by Gasteiger charge is -2.51. The van der Waals surface area contributed by atoms with E-state index in [1.54, 1.807) is 0 Å². The van der Waals surface area contributed by atoms with Crippen LogP contribution in [0, 0.1) is 5.92 Å². The van der Waals surface area contributed by atoms with Gasteiger partial charge in [-0.05, 0) is 54.4 Å². The van der Waals surface area contributed by atoms with Gasteiger partial charge in [-0.25, -0.2) is 0 Å². The lowest BCUT2D eigenvalue weighted by atomic mass is 9.75. The van der Waals surface area contributed by atoms with E-state index < -0.39 is 0 Å². The van der Waals surface area contributed by atoms with Crippen LogP contribution in [0.15, 0.2) is 67.0 Å². The Kier molecular flexibility index (Phi) is 3.98. The maximum atomic E-state index is 4.31. The van der Waals surface area contributed by atoms with Gasteiger partial charge < -0.3 is 0 Å². The van der Waals surface area contributed by atoms with Crippen molar-refractivity contribution in [1.29, 1.82) is 0 Å². The number of fused-ring (bicyclic) bond motifs is 3. The van der Waals surface area contributed by atoms with Gasteiger partial charge in [0.25, 0.3) is 0 Å². The van der Waals surface area contributed by atoms with Crippen molar-refractivity contribution in [3.63, 3.8) is 0 Å². The number of benzene rings is 2. The normalized spacial score (nSPS) is 31.9. The second-order valence-electron chi connectivity index (χ2n) is 8.82. The number of hydrogen-bond donors (Lipinski definition) is 0. The van der Waals surface area contributed by atoms with Crippen molar-refractivity contribution in [2.24, 2.45) is 5.92 Å². The van der Waals surface area contributed by atoms with E-state index in [2.05, 4.69) is 69.4 Å². The predicted molar refractivity (Wildman–Crippen MR) is 113 cm³/mol. The van der Waals surface area contributed by atoms with E-state index in [0.29, 0.717) is 18.0 Å². The summed E-state index contributed by atoms with van der Waals surface area (Å²) in [6.07, 6.45) is 6.67. The Labute approximate surface area is 167 Å². The molecule has 0 N–H and O–H groups in total. The Morgan fingerprint density at radius 2 is 1.75 bits per heavy atom. The van der Waals surface area contributed by atoms with Gasteiger partial charge in [0.2, 0.25) is 0 Å². The van der Waals surface area contributed by atoms with E-state index in [1.165, 1.54) is 54.4 Å². The van der Waals surface area contributed by atoms with Crippen molar-refractivity contribution >= 4 is 10.8 Å². The molecule has 0 aliphatic carbocycles. The summed E-state index contributed by atoms with van der Waals surface area (Å²) in [5, 5.41) is 2.61. The second kappa shape index (κ2) is 6.68. The molecule has 3 atom stereocenters. The zero-order valence-electron chi connectivity index (χ0n) is 16.2. The summed E-state index contributed by atoms with van der Waals surface area (Å²) in [7, 11) is 0. The van der Waals surface area contributed by atoms with Gasteiger partial charge in [-0.15, -0.1) is 0 Å². The Morgan fingerprint density at radius 1 is 0.893 bits per heavy atom. The van der Waals surface area contributed by atoms with Gasteiger partial charge in [-0.3, -0.25) is 14.8 Å². The Morgan fingerprint density at radius 3 is 2.61 bits per heavy atom. The van der Waals surface area contributed by atoms with Gasteiger partial charge in [0.15, 0.2) is 0 Å². The molecule has 0 amide bonds. The number of nitrogens with zero attached hydrogens (tertiary/aromatic N) is 3. The monoisotopic (exact) mass is 369 g/mol. The quantitative estimate of drug-likeness (QED) is 0.686. The van der Waals surface area contributed by atoms with E-state index >= 15 is 0 Å². The summed E-state index contributed by atoms with van der Waals surface area (Å²) >= 11 is 0. The van der Waals surface area contributed by atoms with Crippen LogP contribution in [0.25, 0.3) is 10.8 Å². The maximum absolute atomic E-state index is 4.31. The summed E-state index contributed by atoms with van der Waals surface area (Å²) < 4.78 is 0. The van der Waals surface area contributed by atoms with Gasteiger partial charge >= 0.3 is 0 Å². The number of hydrogen-bond acceptors (Lipinski definition) is 3. The van der Waals surface area contributed by atoms with Crippen LogP contribution in [0.2, 0.25) is 0 Å². The largest absolute Gasteiger partial charge is 0.298 e. The Hall–Kier alpha value is -2.23. The van der Waals surface area contributed by atoms with Crippen LogP contribution in [0.3, 0.4) is 0 Å². The highest BCUT2D eigenvalue weighted by atomic mass is 15.3. The summed E-state index contributed by atoms with van der Waals surface area (Å²) in [5.41, 5.74) is 2.97. The molecular formula is C25H27N3. The molecule has 2 bridgehead atoms. The third kappa shape index (κ3) is 2.61. The first kappa shape index (κ1) is 16.7. The molecule has 4 saturated heterocycles. The van der Waals surface area contributed by atoms with Crippen molar-refractivity contribution in [3.05, 3.63) is 78.1 Å². The SMILES string of the molecule is c1ccc([C@H]2CN(Cc3cccc4cnccc34)[C@@H]3C4CCN(CC4)[C@H]23)cc1. The number of piperidine rings is 3. The van der Waals surface area contributed by atoms with Gasteiger partial charge in [0.1, 0.15) is 0 Å². The Bertz CT molecular complexity index is 972. The molecule has 3 aromatic rings. The highest BCUT2D eigenvalue weighted by molar-refractivity contribution is 5.84. The topological polar surface area (TPSA) is 19.4 Å². The summed E-state index contributed by atoms with van der Waals surface area (Å²) in [4.78, 5) is 9.93. The molecule has 0 radical (unpaired) electrons. The molecule has 7 rings (SSSR count). The van der Waals surface area contributed by atoms with Crippen LogP contribution >= 0.6 is 0 Å². The molecular weight excluding hydrogens is 342 g/mol. The van der Waals surface area contributed by atoms with Crippen molar-refractivity contribution in [2.45, 2.75) is 37.4 Å². The molecule has 5 heterocycles. The maximum Gasteiger partial charge on any atom is 0.0346 e. The van der Waals surface area contributed by atoms with Crippen LogP contribution in [0.5, 0.6) is 0 Å². The fraction of sp³-hybridized carbons (Fsp3) is 0.400. The number of rotatable bonds is 3. The zero-order valence-corrected chi connectivity index (χ0v) is 16.2. The van der Waals surface area contributed by atoms with E-state index in [-0.39, 0.29) is 0 Å². The highest BCUT2D eigenvalue weighted by Gasteiger charge is 2.53. The minimum Gasteiger partial charge on any atom is -0.298 e. The van der Waals surface area contributed by atoms with E-state index in [9.17, 15) is 0 Å². The molecule has 142 valence electrons. The van der Waals surface area contributed by atoms with E-state index in [0.717, 1.165) is 12.5 Å². The molecule has 4 aliphatic heterocycles. The molecule has 0 spiro atoms. The molecule has 3 nitrogen and oxygen atoms in total. The van der Waals surface area contributed by atoms with Crippen molar-refractivity contribution < 1.29 is 0 Å². The lowest BCUT2D eigenvalue weighted by molar-refractivity contribution is -0.00859. The van der Waals surface area contributed by atoms with Crippen LogP contribution in [-0.4, -0.2) is 46.5 Å². The second-order valence-corrected chi connectivity index (χ2v) is 8.82. The molecule has 2 aromatic carbocycles. The lowest BCUT2D eigenvalue weighted by Crippen LogP contribution is -2.59. The smallest absolute Gasteiger partial charge is 0.0346 e. The van der Waals surface area contributed by atoms with Crippen LogP contribution in [-0.2, 0) is 6.54 Å². The minimum atomic E-state index is 0.631. The summed E-state index contributed by atoms with van der Waals surface area (Å²) in [6, 6.07) is 21.5. The average Bonchev–Trinajstić information content (AvgIpc) is 3.17. The third-order valence-electron chi connectivity index (χ3n) is 7.47. The minimum absolute atomic E-state index is 0.631. The van der Waals surface area contributed by atoms with E-state index in [4.69, 9.17) is 0 Å². The van der Waals surface area contributed by atoms with Crippen LogP contribution < -0.4 is 0 Å². The molecule has 28 heavy (non-hydrogen) atoms. The number of likely N-dealkylation sites (tertiary alicyclic amines) is 1. The molecule has 4 fully saturated rings. The third-order valence-corrected chi connectivity index (χ3v) is 7.47. The first-order valence-corrected chi connectivity index (χ1v) is 10.7. The van der Waals surface area contributed by atoms with Gasteiger partial charge in [-0.2, -0.15) is 0 Å². The summed E-state index contributed by atoms with van der Waals surface area (Å²) in [5.74, 6) is 1.49. The van der Waals surface area contributed by atoms with Crippen molar-refractivity contribution in [3.8, 4) is 0 Å². The molecule has 0 saturated carbocycles. The van der Waals surface area contributed by atoms with Gasteiger partial charge in [0, 0.05) is 48.9 Å². The van der Waals surface area contributed by atoms with Gasteiger partial charge in [0.05, 0.1) is 0 Å². The van der Waals surface area contributed by atoms with Crippen LogP contribution in [0.1, 0.15) is 29.9 Å². The number of aromatic nitrogens is 1. The first-order valence-electron chi connectivity index (χ1n) is 10.7.